The third-order valence-corrected chi connectivity index (χ3v) is 6.32. The number of thiocarbonyl (C=S) groups is 1. The van der Waals surface area contributed by atoms with Crippen LogP contribution >= 0.6 is 39.5 Å². The van der Waals surface area contributed by atoms with E-state index in [-0.39, 0.29) is 10.9 Å². The topological polar surface area (TPSA) is 72.2 Å². The molecule has 0 radical (unpaired) electrons. The summed E-state index contributed by atoms with van der Waals surface area (Å²) in [7, 11) is -3.56. The van der Waals surface area contributed by atoms with Crippen LogP contribution in [0.15, 0.2) is 14.7 Å². The van der Waals surface area contributed by atoms with Crippen molar-refractivity contribution in [3.63, 3.8) is 0 Å². The normalized spacial score (nSPS) is 17.7. The highest BCUT2D eigenvalue weighted by atomic mass is 79.9. The van der Waals surface area contributed by atoms with Gasteiger partial charge in [-0.3, -0.25) is 0 Å². The second-order valence-corrected chi connectivity index (χ2v) is 9.10. The summed E-state index contributed by atoms with van der Waals surface area (Å²) >= 11 is 9.61. The summed E-state index contributed by atoms with van der Waals surface area (Å²) in [6.45, 7) is 1.77. The summed E-state index contributed by atoms with van der Waals surface area (Å²) in [5.74, 6) is 0.250. The first-order valence-corrected chi connectivity index (χ1v) is 8.89. The van der Waals surface area contributed by atoms with Crippen molar-refractivity contribution in [1.82, 2.24) is 4.72 Å². The van der Waals surface area contributed by atoms with Crippen LogP contribution < -0.4 is 10.5 Å². The Hall–Kier alpha value is -0.0200. The average molecular weight is 369 g/mol. The molecular formula is C10H13BrN2O2S3. The van der Waals surface area contributed by atoms with Crippen LogP contribution in [-0.4, -0.2) is 19.4 Å². The lowest BCUT2D eigenvalue weighted by atomic mass is 10.2. The molecule has 1 heterocycles. The Morgan fingerprint density at radius 3 is 2.67 bits per heavy atom. The van der Waals surface area contributed by atoms with E-state index in [4.69, 9.17) is 18.0 Å². The lowest BCUT2D eigenvalue weighted by Gasteiger charge is -2.16. The molecule has 0 aromatic carbocycles. The van der Waals surface area contributed by atoms with Crippen molar-refractivity contribution in [3.8, 4) is 0 Å². The maximum atomic E-state index is 12.3. The minimum atomic E-state index is -3.56. The summed E-state index contributed by atoms with van der Waals surface area (Å²) in [6.07, 6.45) is 1.94. The lowest BCUT2D eigenvalue weighted by molar-refractivity contribution is 0.565. The Balaban J connectivity index is 2.26. The van der Waals surface area contributed by atoms with Gasteiger partial charge in [0.25, 0.3) is 0 Å². The zero-order chi connectivity index (χ0) is 13.5. The van der Waals surface area contributed by atoms with Crippen molar-refractivity contribution >= 4 is 54.5 Å². The van der Waals surface area contributed by atoms with Crippen molar-refractivity contribution < 1.29 is 8.42 Å². The van der Waals surface area contributed by atoms with Crippen LogP contribution in [0.25, 0.3) is 0 Å². The summed E-state index contributed by atoms with van der Waals surface area (Å²) < 4.78 is 28.0. The van der Waals surface area contributed by atoms with Gasteiger partial charge in [0.15, 0.2) is 0 Å². The smallest absolute Gasteiger partial charge is 0.242 e. The van der Waals surface area contributed by atoms with Crippen LogP contribution in [0.2, 0.25) is 0 Å². The van der Waals surface area contributed by atoms with E-state index >= 15 is 0 Å². The largest absolute Gasteiger partial charge is 0.392 e. The molecule has 0 spiro atoms. The van der Waals surface area contributed by atoms with Gasteiger partial charge in [-0.15, -0.1) is 11.3 Å². The minimum absolute atomic E-state index is 0.216. The number of nitrogens with one attached hydrogen (secondary N) is 1. The predicted octanol–water partition coefficient (Wildman–Crippen LogP) is 2.16. The number of rotatable bonds is 5. The fourth-order valence-electron chi connectivity index (χ4n) is 1.74. The van der Waals surface area contributed by atoms with E-state index in [9.17, 15) is 8.42 Å². The average Bonchev–Trinajstić information content (AvgIpc) is 3.00. The summed E-state index contributed by atoms with van der Waals surface area (Å²) in [4.78, 5) is 1.25. The molecule has 0 amide bonds. The first kappa shape index (κ1) is 14.4. The number of hydrogen-bond acceptors (Lipinski definition) is 4. The lowest BCUT2D eigenvalue weighted by Crippen LogP contribution is -2.44. The Morgan fingerprint density at radius 1 is 1.67 bits per heavy atom. The van der Waals surface area contributed by atoms with Crippen molar-refractivity contribution in [2.24, 2.45) is 11.7 Å². The van der Waals surface area contributed by atoms with Crippen LogP contribution in [0.4, 0.5) is 0 Å². The van der Waals surface area contributed by atoms with E-state index in [1.54, 1.807) is 13.0 Å². The third kappa shape index (κ3) is 3.11. The van der Waals surface area contributed by atoms with Gasteiger partial charge in [-0.1, -0.05) is 12.2 Å². The van der Waals surface area contributed by atoms with Crippen LogP contribution in [0.3, 0.4) is 0 Å². The van der Waals surface area contributed by atoms with Crippen molar-refractivity contribution in [2.45, 2.75) is 30.7 Å². The molecule has 2 rings (SSSR count). The quantitative estimate of drug-likeness (QED) is 0.781. The molecule has 4 nitrogen and oxygen atoms in total. The molecule has 1 unspecified atom stereocenters. The molecule has 0 bridgehead atoms. The highest BCUT2D eigenvalue weighted by molar-refractivity contribution is 9.11. The van der Waals surface area contributed by atoms with Gasteiger partial charge in [0.1, 0.15) is 0 Å². The molecule has 8 heteroatoms. The molecule has 100 valence electrons. The van der Waals surface area contributed by atoms with Crippen LogP contribution in [0.5, 0.6) is 0 Å². The molecule has 1 saturated carbocycles. The number of hydrogen-bond donors (Lipinski definition) is 2. The second-order valence-electron chi connectivity index (χ2n) is 4.31. The highest BCUT2D eigenvalue weighted by Crippen LogP contribution is 2.35. The van der Waals surface area contributed by atoms with E-state index in [1.165, 1.54) is 11.3 Å². The molecule has 3 N–H and O–H groups in total. The number of aryl methyl sites for hydroxylation is 1. The fourth-order valence-corrected chi connectivity index (χ4v) is 5.77. The molecule has 1 aromatic rings. The number of sulfonamides is 1. The standard InChI is InChI=1S/C10H13BrN2O2S3/c1-5-7(4-8(11)17-5)18(14,15)13-9(10(12)16)6-2-3-6/h4,6,9,13H,2-3H2,1H3,(H2,12,16). The highest BCUT2D eigenvalue weighted by Gasteiger charge is 2.36. The summed E-state index contributed by atoms with van der Waals surface area (Å²) in [5.41, 5.74) is 5.60. The Bertz CT molecular complexity index is 578. The van der Waals surface area contributed by atoms with E-state index in [1.807, 2.05) is 0 Å². The van der Waals surface area contributed by atoms with E-state index in [0.717, 1.165) is 21.5 Å². The fraction of sp³-hybridized carbons (Fsp3) is 0.500. The van der Waals surface area contributed by atoms with Gasteiger partial charge in [0, 0.05) is 4.88 Å². The molecule has 1 aliphatic carbocycles. The Labute approximate surface area is 124 Å². The predicted molar refractivity (Wildman–Crippen MR) is 80.4 cm³/mol. The van der Waals surface area contributed by atoms with Crippen molar-refractivity contribution in [3.05, 3.63) is 14.7 Å². The Kier molecular flexibility index (Phi) is 4.13. The van der Waals surface area contributed by atoms with Crippen molar-refractivity contribution in [1.29, 1.82) is 0 Å². The molecule has 1 aromatic heterocycles. The number of thiophene rings is 1. The van der Waals surface area contributed by atoms with E-state index in [0.29, 0.717) is 4.90 Å². The first-order chi connectivity index (χ1) is 8.31. The first-order valence-electron chi connectivity index (χ1n) is 5.39. The SMILES string of the molecule is Cc1sc(Br)cc1S(=O)(=O)NC(C(N)=S)C1CC1. The molecule has 1 aliphatic rings. The van der Waals surface area contributed by atoms with E-state index < -0.39 is 16.1 Å². The monoisotopic (exact) mass is 368 g/mol. The Morgan fingerprint density at radius 2 is 2.28 bits per heavy atom. The van der Waals surface area contributed by atoms with Gasteiger partial charge in [-0.05, 0) is 47.7 Å². The second kappa shape index (κ2) is 5.16. The van der Waals surface area contributed by atoms with E-state index in [2.05, 4.69) is 20.7 Å². The molecule has 0 saturated heterocycles. The number of halogens is 1. The maximum absolute atomic E-state index is 12.3. The summed E-state index contributed by atoms with van der Waals surface area (Å²) in [5, 5.41) is 0. The van der Waals surface area contributed by atoms with Crippen LogP contribution in [-0.2, 0) is 10.0 Å². The molecule has 1 atom stereocenters. The maximum Gasteiger partial charge on any atom is 0.242 e. The third-order valence-electron chi connectivity index (χ3n) is 2.81. The van der Waals surface area contributed by atoms with Gasteiger partial charge >= 0.3 is 0 Å². The van der Waals surface area contributed by atoms with Gasteiger partial charge < -0.3 is 5.73 Å². The van der Waals surface area contributed by atoms with Gasteiger partial charge in [-0.25, -0.2) is 13.1 Å². The van der Waals surface area contributed by atoms with Gasteiger partial charge in [0.2, 0.25) is 10.0 Å². The van der Waals surface area contributed by atoms with Crippen LogP contribution in [0.1, 0.15) is 17.7 Å². The van der Waals surface area contributed by atoms with Crippen molar-refractivity contribution in [2.75, 3.05) is 0 Å². The molecule has 0 aliphatic heterocycles. The zero-order valence-corrected chi connectivity index (χ0v) is 13.7. The van der Waals surface area contributed by atoms with Gasteiger partial charge in [-0.2, -0.15) is 0 Å². The minimum Gasteiger partial charge on any atom is -0.392 e. The molecule has 1 fully saturated rings. The number of nitrogens with two attached hydrogens (primary N) is 1. The summed E-state index contributed by atoms with van der Waals surface area (Å²) in [6, 6.07) is 1.18. The zero-order valence-electron chi connectivity index (χ0n) is 9.64. The van der Waals surface area contributed by atoms with Gasteiger partial charge in [0.05, 0.1) is 19.7 Å². The van der Waals surface area contributed by atoms with Crippen LogP contribution in [0, 0.1) is 12.8 Å². The molecule has 18 heavy (non-hydrogen) atoms. The molecular weight excluding hydrogens is 356 g/mol.